The number of unbranched alkanes of at least 4 members (excludes halogenated alkanes) is 36. The lowest BCUT2D eigenvalue weighted by atomic mass is 10.0. The first kappa shape index (κ1) is 72.0. The van der Waals surface area contributed by atoms with Crippen LogP contribution in [0, 0.1) is 0 Å². The van der Waals surface area contributed by atoms with Crippen molar-refractivity contribution >= 4 is 19.8 Å². The van der Waals surface area contributed by atoms with E-state index in [1.54, 1.807) is 0 Å². The van der Waals surface area contributed by atoms with Gasteiger partial charge < -0.3 is 18.9 Å². The molecule has 74 heavy (non-hydrogen) atoms. The van der Waals surface area contributed by atoms with Crippen molar-refractivity contribution in [3.63, 3.8) is 0 Å². The number of likely N-dealkylation sites (N-methyl/N-ethyl adjacent to an activating group) is 1. The van der Waals surface area contributed by atoms with Gasteiger partial charge in [0.25, 0.3) is 0 Å². The molecule has 0 fully saturated rings. The third-order valence-corrected chi connectivity index (χ3v) is 14.8. The average Bonchev–Trinajstić information content (AvgIpc) is 3.36. The number of allylic oxidation sites excluding steroid dienone is 8. The topological polar surface area (TPSA) is 108 Å². The first-order valence-corrected chi connectivity index (χ1v) is 32.9. The molecule has 0 bridgehead atoms. The summed E-state index contributed by atoms with van der Waals surface area (Å²) in [4.78, 5) is 35.6. The number of phosphoric ester groups is 1. The molecule has 0 aliphatic rings. The zero-order valence-corrected chi connectivity index (χ0v) is 50.2. The maximum Gasteiger partial charge on any atom is 0.472 e. The molecule has 0 aliphatic carbocycles. The summed E-state index contributed by atoms with van der Waals surface area (Å²) >= 11 is 0. The molecule has 0 saturated heterocycles. The van der Waals surface area contributed by atoms with Crippen molar-refractivity contribution in [1.82, 2.24) is 0 Å². The molecule has 2 unspecified atom stereocenters. The van der Waals surface area contributed by atoms with Crippen LogP contribution < -0.4 is 0 Å². The van der Waals surface area contributed by atoms with Gasteiger partial charge >= 0.3 is 19.8 Å². The van der Waals surface area contributed by atoms with Gasteiger partial charge in [0.2, 0.25) is 0 Å². The van der Waals surface area contributed by atoms with Crippen LogP contribution in [0.5, 0.6) is 0 Å². The van der Waals surface area contributed by atoms with Crippen LogP contribution in [0.2, 0.25) is 0 Å². The molecule has 10 heteroatoms. The Labute approximate surface area is 458 Å². The molecular weight excluding hydrogens is 942 g/mol. The summed E-state index contributed by atoms with van der Waals surface area (Å²) in [6.07, 6.45) is 70.8. The number of carbonyl (C=O) groups is 2. The Morgan fingerprint density at radius 1 is 0.432 bits per heavy atom. The zero-order chi connectivity index (χ0) is 54.2. The van der Waals surface area contributed by atoms with Crippen molar-refractivity contribution < 1.29 is 42.1 Å². The van der Waals surface area contributed by atoms with E-state index in [0.717, 1.165) is 70.6 Å². The Kier molecular flexibility index (Phi) is 54.2. The highest BCUT2D eigenvalue weighted by atomic mass is 31.2. The molecule has 0 amide bonds. The summed E-state index contributed by atoms with van der Waals surface area (Å²) in [5.74, 6) is -0.807. The number of hydrogen-bond acceptors (Lipinski definition) is 7. The second-order valence-electron chi connectivity index (χ2n) is 22.4. The van der Waals surface area contributed by atoms with E-state index >= 15 is 0 Å². The second kappa shape index (κ2) is 55.7. The standard InChI is InChI=1S/C64H120NO8P/c1-6-8-10-12-14-16-18-20-22-23-24-25-26-27-28-29-30-31-32-33-34-35-36-37-38-39-40-41-43-44-46-48-50-52-54-56-63(66)70-60-62(61-72-74(68,69)71-59-58-65(3,4)5)73-64(67)57-55-53-51-49-47-45-42-21-19-17-15-13-11-9-7-2/h9,11,15,17,21,23-24,42,62H,6-8,10,12-14,16,18-20,22,25-41,43-61H2,1-5H3/p+1/b11-9-,17-15-,24-23-,42-21-. The minimum atomic E-state index is -4.39. The van der Waals surface area contributed by atoms with E-state index < -0.39 is 26.5 Å². The van der Waals surface area contributed by atoms with Crippen LogP contribution in [0.3, 0.4) is 0 Å². The predicted octanol–water partition coefficient (Wildman–Crippen LogP) is 19.7. The van der Waals surface area contributed by atoms with E-state index in [0.29, 0.717) is 17.4 Å². The first-order valence-electron chi connectivity index (χ1n) is 31.4. The van der Waals surface area contributed by atoms with Crippen molar-refractivity contribution in [1.29, 1.82) is 0 Å². The molecule has 1 N–H and O–H groups in total. The van der Waals surface area contributed by atoms with Crippen molar-refractivity contribution in [3.8, 4) is 0 Å². The smallest absolute Gasteiger partial charge is 0.462 e. The van der Waals surface area contributed by atoms with Crippen molar-refractivity contribution in [2.75, 3.05) is 47.5 Å². The molecule has 0 heterocycles. The highest BCUT2D eigenvalue weighted by Crippen LogP contribution is 2.43. The maximum atomic E-state index is 12.8. The number of rotatable bonds is 58. The fraction of sp³-hybridized carbons (Fsp3) is 0.844. The highest BCUT2D eigenvalue weighted by Gasteiger charge is 2.27. The number of ether oxygens (including phenoxy) is 2. The van der Waals surface area contributed by atoms with Crippen LogP contribution in [0.15, 0.2) is 48.6 Å². The van der Waals surface area contributed by atoms with Gasteiger partial charge in [-0.3, -0.25) is 18.6 Å². The van der Waals surface area contributed by atoms with Crippen LogP contribution in [0.1, 0.15) is 296 Å². The molecule has 2 atom stereocenters. The van der Waals surface area contributed by atoms with E-state index in [-0.39, 0.29) is 32.0 Å². The minimum Gasteiger partial charge on any atom is -0.462 e. The summed E-state index contributed by atoms with van der Waals surface area (Å²) < 4.78 is 34.5. The van der Waals surface area contributed by atoms with Gasteiger partial charge in [0, 0.05) is 12.8 Å². The third-order valence-electron chi connectivity index (χ3n) is 13.8. The van der Waals surface area contributed by atoms with Gasteiger partial charge in [-0.15, -0.1) is 0 Å². The van der Waals surface area contributed by atoms with E-state index in [1.165, 1.54) is 193 Å². The van der Waals surface area contributed by atoms with Crippen molar-refractivity contribution in [2.45, 2.75) is 302 Å². The highest BCUT2D eigenvalue weighted by molar-refractivity contribution is 7.47. The van der Waals surface area contributed by atoms with Gasteiger partial charge in [-0.2, -0.15) is 0 Å². The third kappa shape index (κ3) is 59.2. The normalized spacial score (nSPS) is 13.5. The van der Waals surface area contributed by atoms with Crippen LogP contribution in [-0.2, 0) is 32.7 Å². The lowest BCUT2D eigenvalue weighted by Gasteiger charge is -2.24. The summed E-state index contributed by atoms with van der Waals surface area (Å²) in [6.45, 7) is 4.33. The molecule has 0 saturated carbocycles. The van der Waals surface area contributed by atoms with Crippen LogP contribution in [0.25, 0.3) is 0 Å². The van der Waals surface area contributed by atoms with Gasteiger partial charge in [0.15, 0.2) is 6.10 Å². The van der Waals surface area contributed by atoms with E-state index in [1.807, 2.05) is 21.1 Å². The molecule has 0 rings (SSSR count). The SMILES string of the molecule is CC/C=C\C/C=C\C/C=C\CCCCCCCC(=O)OC(COC(=O)CCCCCCCCCCCCCCCCCCCCCCCCC/C=C\CCCCCCCCCC)COP(=O)(O)OCC[N+](C)(C)C. The van der Waals surface area contributed by atoms with Crippen LogP contribution in [-0.4, -0.2) is 74.9 Å². The molecule has 0 aliphatic heterocycles. The fourth-order valence-corrected chi connectivity index (χ4v) is 9.77. The van der Waals surface area contributed by atoms with E-state index in [9.17, 15) is 19.0 Å². The molecule has 0 spiro atoms. The monoisotopic (exact) mass is 1060 g/mol. The molecule has 9 nitrogen and oxygen atoms in total. The summed E-state index contributed by atoms with van der Waals surface area (Å²) in [5, 5.41) is 0. The quantitative estimate of drug-likeness (QED) is 0.0211. The van der Waals surface area contributed by atoms with Crippen LogP contribution in [0.4, 0.5) is 0 Å². The van der Waals surface area contributed by atoms with E-state index in [2.05, 4.69) is 62.5 Å². The van der Waals surface area contributed by atoms with Crippen LogP contribution >= 0.6 is 7.82 Å². The molecular formula is C64H121NO8P+. The largest absolute Gasteiger partial charge is 0.472 e. The Hall–Kier alpha value is -2.03. The minimum absolute atomic E-state index is 0.0283. The number of esters is 2. The van der Waals surface area contributed by atoms with Gasteiger partial charge in [0.1, 0.15) is 19.8 Å². The predicted molar refractivity (Wildman–Crippen MR) is 317 cm³/mol. The number of nitrogens with zero attached hydrogens (tertiary/aromatic N) is 1. The van der Waals surface area contributed by atoms with Crippen molar-refractivity contribution in [2.24, 2.45) is 0 Å². The fourth-order valence-electron chi connectivity index (χ4n) is 9.03. The van der Waals surface area contributed by atoms with Gasteiger partial charge in [-0.25, -0.2) is 4.57 Å². The van der Waals surface area contributed by atoms with Crippen molar-refractivity contribution in [3.05, 3.63) is 48.6 Å². The lowest BCUT2D eigenvalue weighted by molar-refractivity contribution is -0.870. The Morgan fingerprint density at radius 3 is 1.16 bits per heavy atom. The summed E-state index contributed by atoms with van der Waals surface area (Å²) in [5.41, 5.74) is 0. The Balaban J connectivity index is 3.93. The molecule has 0 aromatic rings. The zero-order valence-electron chi connectivity index (χ0n) is 49.3. The Bertz CT molecular complexity index is 1390. The number of quaternary nitrogens is 1. The lowest BCUT2D eigenvalue weighted by Crippen LogP contribution is -2.37. The second-order valence-corrected chi connectivity index (χ2v) is 23.9. The Morgan fingerprint density at radius 2 is 0.770 bits per heavy atom. The molecule has 0 radical (unpaired) electrons. The van der Waals surface area contributed by atoms with Gasteiger partial charge in [-0.05, 0) is 70.6 Å². The maximum absolute atomic E-state index is 12.8. The molecule has 0 aromatic carbocycles. The number of carbonyl (C=O) groups excluding carboxylic acids is 2. The van der Waals surface area contributed by atoms with E-state index in [4.69, 9.17) is 18.5 Å². The number of hydrogen-bond donors (Lipinski definition) is 1. The van der Waals surface area contributed by atoms with Gasteiger partial charge in [0.05, 0.1) is 27.7 Å². The number of phosphoric acid groups is 1. The molecule has 434 valence electrons. The molecule has 0 aromatic heterocycles. The van der Waals surface area contributed by atoms with Gasteiger partial charge in [-0.1, -0.05) is 262 Å². The summed E-state index contributed by atoms with van der Waals surface area (Å²) in [7, 11) is 1.47. The average molecular weight is 1060 g/mol. The first-order chi connectivity index (χ1) is 36.0. The summed E-state index contributed by atoms with van der Waals surface area (Å²) in [6, 6.07) is 0.